The third kappa shape index (κ3) is 2.51. The maximum atomic E-state index is 12.8. The van der Waals surface area contributed by atoms with Crippen molar-refractivity contribution in [3.05, 3.63) is 29.6 Å². The van der Waals surface area contributed by atoms with Crippen molar-refractivity contribution in [1.29, 1.82) is 0 Å². The monoisotopic (exact) mass is 233 g/mol. The standard InChI is InChI=1S/C8H8FNO4S/c1-14-8(11)6-3-2-5(9)4-7(6)15(10,12)13/h2-4H,1H3,(H2,10,12,13). The van der Waals surface area contributed by atoms with E-state index in [0.717, 1.165) is 19.2 Å². The van der Waals surface area contributed by atoms with Crippen LogP contribution in [0.5, 0.6) is 0 Å². The number of nitrogens with two attached hydrogens (primary N) is 1. The topological polar surface area (TPSA) is 86.5 Å². The molecule has 0 unspecified atom stereocenters. The molecule has 0 heterocycles. The molecular weight excluding hydrogens is 225 g/mol. The van der Waals surface area contributed by atoms with E-state index in [2.05, 4.69) is 4.74 Å². The molecule has 0 aliphatic carbocycles. The number of rotatable bonds is 2. The summed E-state index contributed by atoms with van der Waals surface area (Å²) in [5.41, 5.74) is -0.290. The zero-order chi connectivity index (χ0) is 11.6. The summed E-state index contributed by atoms with van der Waals surface area (Å²) in [6, 6.07) is 2.61. The highest BCUT2D eigenvalue weighted by molar-refractivity contribution is 7.89. The fraction of sp³-hybridized carbons (Fsp3) is 0.125. The van der Waals surface area contributed by atoms with E-state index < -0.39 is 26.7 Å². The van der Waals surface area contributed by atoms with Gasteiger partial charge in [-0.05, 0) is 18.2 Å². The van der Waals surface area contributed by atoms with Crippen LogP contribution in [-0.2, 0) is 14.8 Å². The smallest absolute Gasteiger partial charge is 0.339 e. The van der Waals surface area contributed by atoms with Gasteiger partial charge in [-0.1, -0.05) is 0 Å². The second-order valence-corrected chi connectivity index (χ2v) is 4.21. The van der Waals surface area contributed by atoms with Crippen LogP contribution in [0.2, 0.25) is 0 Å². The van der Waals surface area contributed by atoms with E-state index in [0.29, 0.717) is 6.07 Å². The van der Waals surface area contributed by atoms with Crippen LogP contribution < -0.4 is 5.14 Å². The lowest BCUT2D eigenvalue weighted by atomic mass is 10.2. The molecule has 0 saturated carbocycles. The first kappa shape index (κ1) is 11.6. The summed E-state index contributed by atoms with van der Waals surface area (Å²) in [6.45, 7) is 0. The van der Waals surface area contributed by atoms with E-state index in [-0.39, 0.29) is 5.56 Å². The average molecular weight is 233 g/mol. The Morgan fingerprint density at radius 3 is 2.53 bits per heavy atom. The summed E-state index contributed by atoms with van der Waals surface area (Å²) in [5.74, 6) is -1.69. The molecule has 0 fully saturated rings. The highest BCUT2D eigenvalue weighted by Gasteiger charge is 2.20. The van der Waals surface area contributed by atoms with Gasteiger partial charge in [-0.3, -0.25) is 0 Å². The molecule has 0 aromatic heterocycles. The van der Waals surface area contributed by atoms with Crippen molar-refractivity contribution in [3.8, 4) is 0 Å². The molecule has 5 nitrogen and oxygen atoms in total. The molecule has 0 spiro atoms. The summed E-state index contributed by atoms with van der Waals surface area (Å²) >= 11 is 0. The van der Waals surface area contributed by atoms with Crippen molar-refractivity contribution in [3.63, 3.8) is 0 Å². The Morgan fingerprint density at radius 2 is 2.07 bits per heavy atom. The number of carbonyl (C=O) groups excluding carboxylic acids is 1. The number of esters is 1. The number of halogens is 1. The Bertz CT molecular complexity index is 497. The van der Waals surface area contributed by atoms with Crippen LogP contribution in [0.4, 0.5) is 4.39 Å². The van der Waals surface area contributed by atoms with Crippen LogP contribution in [-0.4, -0.2) is 21.5 Å². The average Bonchev–Trinajstić information content (AvgIpc) is 2.15. The molecule has 0 saturated heterocycles. The van der Waals surface area contributed by atoms with Crippen molar-refractivity contribution >= 4 is 16.0 Å². The minimum atomic E-state index is -4.15. The molecule has 0 aliphatic rings. The van der Waals surface area contributed by atoms with Crippen molar-refractivity contribution in [2.24, 2.45) is 5.14 Å². The van der Waals surface area contributed by atoms with Crippen LogP contribution in [0.1, 0.15) is 10.4 Å². The second-order valence-electron chi connectivity index (χ2n) is 2.68. The number of sulfonamides is 1. The van der Waals surface area contributed by atoms with E-state index in [4.69, 9.17) is 5.14 Å². The number of benzene rings is 1. The van der Waals surface area contributed by atoms with Gasteiger partial charge in [0.05, 0.1) is 17.6 Å². The molecule has 0 atom stereocenters. The Kier molecular flexibility index (Phi) is 3.06. The predicted octanol–water partition coefficient (Wildman–Crippen LogP) is 0.260. The maximum Gasteiger partial charge on any atom is 0.339 e. The van der Waals surface area contributed by atoms with E-state index >= 15 is 0 Å². The summed E-state index contributed by atoms with van der Waals surface area (Å²) in [5, 5.41) is 4.82. The number of primary sulfonamides is 1. The lowest BCUT2D eigenvalue weighted by Crippen LogP contribution is -2.17. The lowest BCUT2D eigenvalue weighted by Gasteiger charge is -2.05. The van der Waals surface area contributed by atoms with Crippen LogP contribution in [0.25, 0.3) is 0 Å². The Hall–Kier alpha value is -1.47. The van der Waals surface area contributed by atoms with Crippen molar-refractivity contribution in [2.75, 3.05) is 7.11 Å². The van der Waals surface area contributed by atoms with Crippen LogP contribution in [0.15, 0.2) is 23.1 Å². The Balaban J connectivity index is 3.47. The number of ether oxygens (including phenoxy) is 1. The van der Waals surface area contributed by atoms with Crippen molar-refractivity contribution in [1.82, 2.24) is 0 Å². The third-order valence-electron chi connectivity index (χ3n) is 1.66. The molecule has 0 amide bonds. The summed E-state index contributed by atoms with van der Waals surface area (Å²) in [6.07, 6.45) is 0. The summed E-state index contributed by atoms with van der Waals surface area (Å²) in [4.78, 5) is 10.5. The maximum absolute atomic E-state index is 12.8. The molecule has 2 N–H and O–H groups in total. The van der Waals surface area contributed by atoms with Crippen LogP contribution >= 0.6 is 0 Å². The van der Waals surface area contributed by atoms with Gasteiger partial charge in [-0.15, -0.1) is 0 Å². The van der Waals surface area contributed by atoms with E-state index in [1.807, 2.05) is 0 Å². The summed E-state index contributed by atoms with van der Waals surface area (Å²) in [7, 11) is -3.07. The fourth-order valence-corrected chi connectivity index (χ4v) is 1.74. The molecular formula is C8H8FNO4S. The number of hydrogen-bond acceptors (Lipinski definition) is 4. The first-order chi connectivity index (χ1) is 6.86. The highest BCUT2D eigenvalue weighted by Crippen LogP contribution is 2.16. The first-order valence-electron chi connectivity index (χ1n) is 3.77. The van der Waals surface area contributed by atoms with E-state index in [1.54, 1.807) is 0 Å². The van der Waals surface area contributed by atoms with E-state index in [1.165, 1.54) is 0 Å². The van der Waals surface area contributed by atoms with Gasteiger partial charge in [0, 0.05) is 0 Å². The molecule has 1 aromatic carbocycles. The fourth-order valence-electron chi connectivity index (χ4n) is 1.01. The van der Waals surface area contributed by atoms with Gasteiger partial charge in [0.15, 0.2) is 0 Å². The minimum Gasteiger partial charge on any atom is -0.465 e. The third-order valence-corrected chi connectivity index (χ3v) is 2.61. The minimum absolute atomic E-state index is 0.290. The number of hydrogen-bond donors (Lipinski definition) is 1. The molecule has 0 aliphatic heterocycles. The molecule has 1 aromatic rings. The first-order valence-corrected chi connectivity index (χ1v) is 5.31. The second kappa shape index (κ2) is 3.95. The zero-order valence-electron chi connectivity index (χ0n) is 7.73. The van der Waals surface area contributed by atoms with Gasteiger partial charge < -0.3 is 4.74 Å². The van der Waals surface area contributed by atoms with Crippen molar-refractivity contribution in [2.45, 2.75) is 4.90 Å². The molecule has 15 heavy (non-hydrogen) atoms. The molecule has 7 heteroatoms. The number of carbonyl (C=O) groups is 1. The largest absolute Gasteiger partial charge is 0.465 e. The number of methoxy groups -OCH3 is 1. The quantitative estimate of drug-likeness (QED) is 0.742. The Labute approximate surface area is 85.7 Å². The molecule has 0 bridgehead atoms. The molecule has 82 valence electrons. The van der Waals surface area contributed by atoms with Gasteiger partial charge in [-0.2, -0.15) is 0 Å². The lowest BCUT2D eigenvalue weighted by molar-refractivity contribution is 0.0596. The van der Waals surface area contributed by atoms with Gasteiger partial charge in [0.1, 0.15) is 5.82 Å². The van der Waals surface area contributed by atoms with Gasteiger partial charge in [0.25, 0.3) is 0 Å². The SMILES string of the molecule is COC(=O)c1ccc(F)cc1S(N)(=O)=O. The van der Waals surface area contributed by atoms with Crippen LogP contribution in [0.3, 0.4) is 0 Å². The Morgan fingerprint density at radius 1 is 1.47 bits per heavy atom. The van der Waals surface area contributed by atoms with Gasteiger partial charge >= 0.3 is 5.97 Å². The normalized spacial score (nSPS) is 11.1. The molecule has 1 rings (SSSR count). The zero-order valence-corrected chi connectivity index (χ0v) is 8.55. The van der Waals surface area contributed by atoms with Gasteiger partial charge in [-0.25, -0.2) is 22.7 Å². The highest BCUT2D eigenvalue weighted by atomic mass is 32.2. The van der Waals surface area contributed by atoms with Crippen molar-refractivity contribution < 1.29 is 22.3 Å². The molecule has 0 radical (unpaired) electrons. The summed E-state index contributed by atoms with van der Waals surface area (Å²) < 4.78 is 39.2. The predicted molar refractivity (Wildman–Crippen MR) is 49.1 cm³/mol. The van der Waals surface area contributed by atoms with Gasteiger partial charge in [0.2, 0.25) is 10.0 Å². The van der Waals surface area contributed by atoms with E-state index in [9.17, 15) is 17.6 Å². The van der Waals surface area contributed by atoms with Crippen LogP contribution in [0, 0.1) is 5.82 Å².